The Bertz CT molecular complexity index is 301. The molecule has 1 heterocycles. The van der Waals surface area contributed by atoms with Crippen LogP contribution in [0, 0.1) is 5.92 Å². The van der Waals surface area contributed by atoms with Crippen molar-refractivity contribution in [2.75, 3.05) is 31.6 Å². The lowest BCUT2D eigenvalue weighted by molar-refractivity contribution is 0.109. The molecular weight excluding hydrogens is 220 g/mol. The van der Waals surface area contributed by atoms with Crippen LogP contribution in [0.3, 0.4) is 0 Å². The number of ether oxygens (including phenoxy) is 1. The number of anilines is 1. The first-order valence-electron chi connectivity index (χ1n) is 6.06. The molecule has 0 bridgehead atoms. The zero-order valence-electron chi connectivity index (χ0n) is 10.6. The number of hydrogen-bond acceptors (Lipinski definition) is 6. The second kappa shape index (κ2) is 8.03. The van der Waals surface area contributed by atoms with Crippen LogP contribution in [0.4, 0.5) is 6.01 Å². The van der Waals surface area contributed by atoms with E-state index in [9.17, 15) is 0 Å². The van der Waals surface area contributed by atoms with Gasteiger partial charge in [0.2, 0.25) is 5.89 Å². The zero-order chi connectivity index (χ0) is 12.5. The molecule has 98 valence electrons. The molecule has 0 amide bonds. The van der Waals surface area contributed by atoms with Crippen LogP contribution in [0.15, 0.2) is 4.42 Å². The maximum Gasteiger partial charge on any atom is 0.315 e. The fraction of sp³-hybridized carbons (Fsp3) is 0.818. The third kappa shape index (κ3) is 6.23. The lowest BCUT2D eigenvalue weighted by Gasteiger charge is -2.06. The number of nitrogens with zero attached hydrogens (tertiary/aromatic N) is 2. The molecule has 6 heteroatoms. The molecule has 0 fully saturated rings. The monoisotopic (exact) mass is 242 g/mol. The molecule has 6 nitrogen and oxygen atoms in total. The van der Waals surface area contributed by atoms with Gasteiger partial charge in [-0.15, -0.1) is 5.10 Å². The summed E-state index contributed by atoms with van der Waals surface area (Å²) >= 11 is 0. The van der Waals surface area contributed by atoms with Gasteiger partial charge in [-0.05, 0) is 12.3 Å². The highest BCUT2D eigenvalue weighted by Gasteiger charge is 2.03. The topological polar surface area (TPSA) is 86.2 Å². The standard InChI is InChI=1S/C11H22N4O2/c1-9(2)8-16-7-3-6-13-11-15-14-10(17-11)4-5-12/h9H,3-8,12H2,1-2H3,(H,13,15). The first-order chi connectivity index (χ1) is 8.22. The summed E-state index contributed by atoms with van der Waals surface area (Å²) in [6.07, 6.45) is 1.54. The Morgan fingerprint density at radius 1 is 1.41 bits per heavy atom. The van der Waals surface area contributed by atoms with Gasteiger partial charge in [-0.2, -0.15) is 0 Å². The zero-order valence-corrected chi connectivity index (χ0v) is 10.6. The highest BCUT2D eigenvalue weighted by molar-refractivity contribution is 5.16. The molecule has 1 aromatic heterocycles. The Balaban J connectivity index is 2.05. The van der Waals surface area contributed by atoms with Crippen LogP contribution < -0.4 is 11.1 Å². The summed E-state index contributed by atoms with van der Waals surface area (Å²) in [4.78, 5) is 0. The maximum absolute atomic E-state index is 5.45. The minimum absolute atomic E-state index is 0.456. The van der Waals surface area contributed by atoms with Gasteiger partial charge in [0, 0.05) is 32.7 Å². The molecule has 0 saturated heterocycles. The molecule has 0 spiro atoms. The van der Waals surface area contributed by atoms with Crippen LogP contribution in [0.5, 0.6) is 0 Å². The fourth-order valence-electron chi connectivity index (χ4n) is 1.24. The molecule has 0 aromatic carbocycles. The van der Waals surface area contributed by atoms with E-state index in [1.165, 1.54) is 0 Å². The van der Waals surface area contributed by atoms with Gasteiger partial charge in [0.1, 0.15) is 0 Å². The van der Waals surface area contributed by atoms with Gasteiger partial charge < -0.3 is 20.2 Å². The van der Waals surface area contributed by atoms with Crippen molar-refractivity contribution in [1.29, 1.82) is 0 Å². The average molecular weight is 242 g/mol. The van der Waals surface area contributed by atoms with E-state index in [-0.39, 0.29) is 0 Å². The summed E-state index contributed by atoms with van der Waals surface area (Å²) in [5.74, 6) is 1.16. The first-order valence-corrected chi connectivity index (χ1v) is 6.06. The molecule has 3 N–H and O–H groups in total. The fourth-order valence-corrected chi connectivity index (χ4v) is 1.24. The Hall–Kier alpha value is -1.14. The quantitative estimate of drug-likeness (QED) is 0.629. The second-order valence-electron chi connectivity index (χ2n) is 4.29. The largest absolute Gasteiger partial charge is 0.408 e. The third-order valence-corrected chi connectivity index (χ3v) is 2.02. The van der Waals surface area contributed by atoms with E-state index >= 15 is 0 Å². The predicted molar refractivity (Wildman–Crippen MR) is 65.8 cm³/mol. The average Bonchev–Trinajstić information content (AvgIpc) is 2.71. The van der Waals surface area contributed by atoms with Crippen molar-refractivity contribution >= 4 is 6.01 Å². The smallest absolute Gasteiger partial charge is 0.315 e. The van der Waals surface area contributed by atoms with Crippen LogP contribution >= 0.6 is 0 Å². The molecule has 0 aliphatic rings. The van der Waals surface area contributed by atoms with Gasteiger partial charge in [-0.25, -0.2) is 0 Å². The third-order valence-electron chi connectivity index (χ3n) is 2.02. The molecule has 17 heavy (non-hydrogen) atoms. The normalized spacial score (nSPS) is 11.1. The highest BCUT2D eigenvalue weighted by atomic mass is 16.5. The number of aromatic nitrogens is 2. The van der Waals surface area contributed by atoms with Gasteiger partial charge in [-0.1, -0.05) is 18.9 Å². The summed E-state index contributed by atoms with van der Waals surface area (Å²) in [6, 6.07) is 0.456. The van der Waals surface area contributed by atoms with Gasteiger partial charge in [0.15, 0.2) is 0 Å². The van der Waals surface area contributed by atoms with Crippen LogP contribution in [0.2, 0.25) is 0 Å². The molecule has 0 saturated carbocycles. The van der Waals surface area contributed by atoms with Crippen molar-refractivity contribution in [3.63, 3.8) is 0 Å². The molecule has 1 rings (SSSR count). The Morgan fingerprint density at radius 2 is 2.24 bits per heavy atom. The van der Waals surface area contributed by atoms with Gasteiger partial charge in [-0.3, -0.25) is 0 Å². The van der Waals surface area contributed by atoms with Crippen LogP contribution in [0.25, 0.3) is 0 Å². The summed E-state index contributed by atoms with van der Waals surface area (Å²) < 4.78 is 10.8. The van der Waals surface area contributed by atoms with E-state index < -0.39 is 0 Å². The number of nitrogens with two attached hydrogens (primary N) is 1. The lowest BCUT2D eigenvalue weighted by Crippen LogP contribution is -2.08. The van der Waals surface area contributed by atoms with E-state index in [0.29, 0.717) is 30.8 Å². The first kappa shape index (κ1) is 13.9. The van der Waals surface area contributed by atoms with Gasteiger partial charge >= 0.3 is 6.01 Å². The van der Waals surface area contributed by atoms with E-state index in [2.05, 4.69) is 29.4 Å². The van der Waals surface area contributed by atoms with Crippen molar-refractivity contribution in [2.24, 2.45) is 11.7 Å². The Kier molecular flexibility index (Phi) is 6.57. The second-order valence-corrected chi connectivity index (χ2v) is 4.29. The van der Waals surface area contributed by atoms with Crippen molar-refractivity contribution < 1.29 is 9.15 Å². The van der Waals surface area contributed by atoms with Crippen molar-refractivity contribution in [1.82, 2.24) is 10.2 Å². The van der Waals surface area contributed by atoms with Crippen LogP contribution in [-0.2, 0) is 11.2 Å². The number of rotatable bonds is 9. The highest BCUT2D eigenvalue weighted by Crippen LogP contribution is 2.05. The molecular formula is C11H22N4O2. The Labute approximate surface area is 102 Å². The summed E-state index contributed by atoms with van der Waals surface area (Å²) in [5.41, 5.74) is 5.38. The van der Waals surface area contributed by atoms with E-state index in [0.717, 1.165) is 26.2 Å². The lowest BCUT2D eigenvalue weighted by atomic mass is 10.2. The summed E-state index contributed by atoms with van der Waals surface area (Å²) in [7, 11) is 0. The van der Waals surface area contributed by atoms with E-state index in [1.54, 1.807) is 0 Å². The minimum atomic E-state index is 0.456. The van der Waals surface area contributed by atoms with Gasteiger partial charge in [0.05, 0.1) is 0 Å². The van der Waals surface area contributed by atoms with E-state index in [4.69, 9.17) is 14.9 Å². The summed E-state index contributed by atoms with van der Waals surface area (Å²) in [6.45, 7) is 7.11. The van der Waals surface area contributed by atoms with Crippen molar-refractivity contribution in [3.05, 3.63) is 5.89 Å². The minimum Gasteiger partial charge on any atom is -0.408 e. The maximum atomic E-state index is 5.45. The van der Waals surface area contributed by atoms with Crippen molar-refractivity contribution in [3.8, 4) is 0 Å². The van der Waals surface area contributed by atoms with Crippen LogP contribution in [-0.4, -0.2) is 36.5 Å². The van der Waals surface area contributed by atoms with Crippen LogP contribution in [0.1, 0.15) is 26.2 Å². The SMILES string of the molecule is CC(C)COCCCNc1nnc(CCN)o1. The predicted octanol–water partition coefficient (Wildman–Crippen LogP) is 1.05. The molecule has 1 aromatic rings. The molecule has 0 aliphatic carbocycles. The molecule has 0 atom stereocenters. The van der Waals surface area contributed by atoms with Crippen molar-refractivity contribution in [2.45, 2.75) is 26.7 Å². The summed E-state index contributed by atoms with van der Waals surface area (Å²) in [5, 5.41) is 10.8. The Morgan fingerprint density at radius 3 is 2.94 bits per heavy atom. The molecule has 0 radical (unpaired) electrons. The van der Waals surface area contributed by atoms with Gasteiger partial charge in [0.25, 0.3) is 0 Å². The molecule has 0 aliphatic heterocycles. The number of hydrogen-bond donors (Lipinski definition) is 2. The number of nitrogens with one attached hydrogen (secondary N) is 1. The van der Waals surface area contributed by atoms with E-state index in [1.807, 2.05) is 0 Å². The molecule has 0 unspecified atom stereocenters.